The van der Waals surface area contributed by atoms with Gasteiger partial charge in [0.25, 0.3) is 0 Å². The molecule has 1 amide bonds. The molecule has 0 aliphatic carbocycles. The zero-order valence-corrected chi connectivity index (χ0v) is 17.3. The Morgan fingerprint density at radius 3 is 2.50 bits per heavy atom. The summed E-state index contributed by atoms with van der Waals surface area (Å²) in [4.78, 5) is 17.2. The van der Waals surface area contributed by atoms with Crippen LogP contribution in [0.2, 0.25) is 0 Å². The van der Waals surface area contributed by atoms with E-state index in [1.807, 2.05) is 7.05 Å². The Hall–Kier alpha value is -1.47. The molecule has 28 heavy (non-hydrogen) atoms. The van der Waals surface area contributed by atoms with Crippen molar-refractivity contribution >= 4 is 5.91 Å². The highest BCUT2D eigenvalue weighted by atomic mass is 16.5. The zero-order valence-electron chi connectivity index (χ0n) is 17.3. The summed E-state index contributed by atoms with van der Waals surface area (Å²) in [6.07, 6.45) is 3.66. The fraction of sp³-hybridized carbons (Fsp3) is 0.682. The van der Waals surface area contributed by atoms with Gasteiger partial charge < -0.3 is 15.4 Å². The maximum atomic E-state index is 12.4. The normalized spacial score (nSPS) is 19.6. The molecule has 2 saturated heterocycles. The summed E-state index contributed by atoms with van der Waals surface area (Å²) in [5.74, 6) is 0.939. The lowest BCUT2D eigenvalue weighted by Gasteiger charge is -2.31. The van der Waals surface area contributed by atoms with Crippen molar-refractivity contribution in [1.82, 2.24) is 20.4 Å². The number of ether oxygens (including phenoxy) is 1. The number of piperidine rings is 1. The van der Waals surface area contributed by atoms with Crippen molar-refractivity contribution in [3.63, 3.8) is 0 Å². The maximum Gasteiger partial charge on any atom is 0.234 e. The Morgan fingerprint density at radius 2 is 1.79 bits per heavy atom. The molecule has 156 valence electrons. The standard InChI is InChI=1S/C22H36N4O2/c1-23-9-6-19-7-10-25(11-8-19)18-22(27)24-16-20-4-2-3-5-21(20)17-26-12-14-28-15-13-26/h2-5,19,23H,6-18H2,1H3,(H,24,27). The van der Waals surface area contributed by atoms with Crippen LogP contribution in [0.4, 0.5) is 0 Å². The summed E-state index contributed by atoms with van der Waals surface area (Å²) in [6, 6.07) is 8.44. The van der Waals surface area contributed by atoms with Crippen LogP contribution < -0.4 is 10.6 Å². The molecule has 0 radical (unpaired) electrons. The summed E-state index contributed by atoms with van der Waals surface area (Å²) >= 11 is 0. The largest absolute Gasteiger partial charge is 0.379 e. The molecule has 2 aliphatic heterocycles. The van der Waals surface area contributed by atoms with E-state index in [1.54, 1.807) is 0 Å². The molecule has 0 saturated carbocycles. The quantitative estimate of drug-likeness (QED) is 0.671. The van der Waals surface area contributed by atoms with Crippen molar-refractivity contribution in [3.8, 4) is 0 Å². The van der Waals surface area contributed by atoms with E-state index in [1.165, 1.54) is 30.4 Å². The lowest BCUT2D eigenvalue weighted by Crippen LogP contribution is -2.41. The average molecular weight is 389 g/mol. The van der Waals surface area contributed by atoms with Gasteiger partial charge in [-0.2, -0.15) is 0 Å². The van der Waals surface area contributed by atoms with Crippen molar-refractivity contribution in [2.24, 2.45) is 5.92 Å². The second kappa shape index (κ2) is 11.5. The van der Waals surface area contributed by atoms with Gasteiger partial charge in [-0.3, -0.25) is 14.6 Å². The third-order valence-corrected chi connectivity index (χ3v) is 5.97. The van der Waals surface area contributed by atoms with E-state index in [4.69, 9.17) is 4.74 Å². The first-order chi connectivity index (χ1) is 13.7. The molecule has 0 unspecified atom stereocenters. The van der Waals surface area contributed by atoms with Crippen LogP contribution in [-0.2, 0) is 22.6 Å². The number of nitrogens with one attached hydrogen (secondary N) is 2. The van der Waals surface area contributed by atoms with Gasteiger partial charge in [0, 0.05) is 26.2 Å². The Labute approximate surface area is 169 Å². The third kappa shape index (κ3) is 6.85. The molecule has 0 atom stereocenters. The van der Waals surface area contributed by atoms with Crippen LogP contribution in [0.25, 0.3) is 0 Å². The number of carbonyl (C=O) groups is 1. The van der Waals surface area contributed by atoms with E-state index in [0.29, 0.717) is 13.1 Å². The van der Waals surface area contributed by atoms with E-state index >= 15 is 0 Å². The molecular formula is C22H36N4O2. The monoisotopic (exact) mass is 388 g/mol. The van der Waals surface area contributed by atoms with Crippen LogP contribution in [0.15, 0.2) is 24.3 Å². The summed E-state index contributed by atoms with van der Waals surface area (Å²) in [7, 11) is 2.01. The molecule has 0 spiro atoms. The van der Waals surface area contributed by atoms with Crippen LogP contribution >= 0.6 is 0 Å². The van der Waals surface area contributed by atoms with Gasteiger partial charge in [-0.15, -0.1) is 0 Å². The van der Waals surface area contributed by atoms with Crippen LogP contribution in [0.5, 0.6) is 0 Å². The minimum Gasteiger partial charge on any atom is -0.379 e. The number of likely N-dealkylation sites (tertiary alicyclic amines) is 1. The van der Waals surface area contributed by atoms with Gasteiger partial charge >= 0.3 is 0 Å². The summed E-state index contributed by atoms with van der Waals surface area (Å²) in [5.41, 5.74) is 2.52. The van der Waals surface area contributed by atoms with E-state index in [9.17, 15) is 4.79 Å². The molecule has 1 aromatic carbocycles. The Morgan fingerprint density at radius 1 is 1.07 bits per heavy atom. The molecule has 0 aromatic heterocycles. The topological polar surface area (TPSA) is 56.8 Å². The first-order valence-electron chi connectivity index (χ1n) is 10.7. The van der Waals surface area contributed by atoms with Crippen LogP contribution in [0, 0.1) is 5.92 Å². The summed E-state index contributed by atoms with van der Waals surface area (Å²) < 4.78 is 5.44. The lowest BCUT2D eigenvalue weighted by atomic mass is 9.93. The number of amides is 1. The molecule has 2 N–H and O–H groups in total. The van der Waals surface area contributed by atoms with Crippen molar-refractivity contribution in [1.29, 1.82) is 0 Å². The van der Waals surface area contributed by atoms with Crippen molar-refractivity contribution < 1.29 is 9.53 Å². The number of hydrogen-bond donors (Lipinski definition) is 2. The lowest BCUT2D eigenvalue weighted by molar-refractivity contribution is -0.122. The molecular weight excluding hydrogens is 352 g/mol. The summed E-state index contributed by atoms with van der Waals surface area (Å²) in [6.45, 7) is 8.79. The fourth-order valence-electron chi connectivity index (χ4n) is 4.12. The van der Waals surface area contributed by atoms with Gasteiger partial charge in [0.05, 0.1) is 19.8 Å². The molecule has 2 heterocycles. The van der Waals surface area contributed by atoms with Gasteiger partial charge in [-0.25, -0.2) is 0 Å². The Kier molecular flexibility index (Phi) is 8.73. The van der Waals surface area contributed by atoms with Crippen LogP contribution in [-0.4, -0.2) is 75.2 Å². The fourth-order valence-corrected chi connectivity index (χ4v) is 4.12. The van der Waals surface area contributed by atoms with E-state index in [2.05, 4.69) is 44.7 Å². The highest BCUT2D eigenvalue weighted by Gasteiger charge is 2.20. The molecule has 3 rings (SSSR count). The van der Waals surface area contributed by atoms with Gasteiger partial charge in [0.2, 0.25) is 5.91 Å². The number of morpholine rings is 1. The van der Waals surface area contributed by atoms with Crippen LogP contribution in [0.1, 0.15) is 30.4 Å². The Bertz CT molecular complexity index is 596. The SMILES string of the molecule is CNCCC1CCN(CC(=O)NCc2ccccc2CN2CCOCC2)CC1. The number of benzene rings is 1. The number of hydrogen-bond acceptors (Lipinski definition) is 5. The molecule has 2 aliphatic rings. The van der Waals surface area contributed by atoms with Gasteiger partial charge in [0.15, 0.2) is 0 Å². The summed E-state index contributed by atoms with van der Waals surface area (Å²) in [5, 5.41) is 6.37. The number of nitrogens with zero attached hydrogens (tertiary/aromatic N) is 2. The van der Waals surface area contributed by atoms with Gasteiger partial charge in [-0.05, 0) is 63.0 Å². The van der Waals surface area contributed by atoms with Crippen molar-refractivity contribution in [2.75, 3.05) is 59.5 Å². The number of carbonyl (C=O) groups excluding carboxylic acids is 1. The molecule has 6 nitrogen and oxygen atoms in total. The molecule has 2 fully saturated rings. The number of rotatable bonds is 9. The zero-order chi connectivity index (χ0) is 19.6. The van der Waals surface area contributed by atoms with Crippen molar-refractivity contribution in [2.45, 2.75) is 32.4 Å². The first kappa shape index (κ1) is 21.2. The second-order valence-electron chi connectivity index (χ2n) is 8.05. The third-order valence-electron chi connectivity index (χ3n) is 5.97. The minimum absolute atomic E-state index is 0.134. The molecule has 0 bridgehead atoms. The first-order valence-corrected chi connectivity index (χ1v) is 10.7. The van der Waals surface area contributed by atoms with Crippen molar-refractivity contribution in [3.05, 3.63) is 35.4 Å². The van der Waals surface area contributed by atoms with Gasteiger partial charge in [0.1, 0.15) is 0 Å². The smallest absolute Gasteiger partial charge is 0.234 e. The minimum atomic E-state index is 0.134. The predicted molar refractivity (Wildman–Crippen MR) is 112 cm³/mol. The molecule has 1 aromatic rings. The van der Waals surface area contributed by atoms with Gasteiger partial charge in [-0.1, -0.05) is 24.3 Å². The maximum absolute atomic E-state index is 12.4. The second-order valence-corrected chi connectivity index (χ2v) is 8.05. The van der Waals surface area contributed by atoms with E-state index in [0.717, 1.165) is 58.4 Å². The highest BCUT2D eigenvalue weighted by Crippen LogP contribution is 2.19. The average Bonchev–Trinajstić information content (AvgIpc) is 2.73. The highest BCUT2D eigenvalue weighted by molar-refractivity contribution is 5.78. The van der Waals surface area contributed by atoms with Crippen LogP contribution in [0.3, 0.4) is 0 Å². The predicted octanol–water partition coefficient (Wildman–Crippen LogP) is 1.46. The van der Waals surface area contributed by atoms with E-state index < -0.39 is 0 Å². The van der Waals surface area contributed by atoms with E-state index in [-0.39, 0.29) is 5.91 Å². The Balaban J connectivity index is 1.41. The molecule has 6 heteroatoms.